The second-order valence-corrected chi connectivity index (χ2v) is 4.91. The maximum atomic E-state index is 10.7. The second kappa shape index (κ2) is 9.51. The summed E-state index contributed by atoms with van der Waals surface area (Å²) in [6.45, 7) is 2.17. The van der Waals surface area contributed by atoms with Crippen molar-refractivity contribution < 1.29 is 9.90 Å². The number of aldehydes is 1. The van der Waals surface area contributed by atoms with E-state index in [4.69, 9.17) is 0 Å². The van der Waals surface area contributed by atoms with Crippen LogP contribution in [0.3, 0.4) is 0 Å². The number of allylic oxidation sites excluding steroid dienone is 1. The van der Waals surface area contributed by atoms with Crippen molar-refractivity contribution in [2.45, 2.75) is 51.6 Å². The molecule has 0 heterocycles. The van der Waals surface area contributed by atoms with E-state index in [2.05, 4.69) is 6.92 Å². The molecule has 0 amide bonds. The van der Waals surface area contributed by atoms with Crippen LogP contribution in [-0.4, -0.2) is 17.5 Å². The lowest BCUT2D eigenvalue weighted by atomic mass is 9.96. The summed E-state index contributed by atoms with van der Waals surface area (Å²) in [6.07, 6.45) is 7.73. The molecule has 2 heteroatoms. The zero-order chi connectivity index (χ0) is 13.9. The topological polar surface area (TPSA) is 37.3 Å². The fourth-order valence-corrected chi connectivity index (χ4v) is 2.16. The van der Waals surface area contributed by atoms with Crippen molar-refractivity contribution in [3.8, 4) is 0 Å². The van der Waals surface area contributed by atoms with Crippen LogP contribution in [0.25, 0.3) is 0 Å². The lowest BCUT2D eigenvalue weighted by molar-refractivity contribution is -0.104. The average molecular weight is 260 g/mol. The SMILES string of the molecule is CCCCCCC(O)/C(=C\C=O)Cc1ccccc1. The molecule has 0 spiro atoms. The third-order valence-electron chi connectivity index (χ3n) is 3.29. The van der Waals surface area contributed by atoms with Crippen LogP contribution in [0.4, 0.5) is 0 Å². The van der Waals surface area contributed by atoms with E-state index >= 15 is 0 Å². The van der Waals surface area contributed by atoms with Crippen molar-refractivity contribution in [2.75, 3.05) is 0 Å². The fourth-order valence-electron chi connectivity index (χ4n) is 2.16. The Kier molecular flexibility index (Phi) is 7.83. The van der Waals surface area contributed by atoms with Crippen LogP contribution in [0, 0.1) is 0 Å². The number of carbonyl (C=O) groups is 1. The number of carbonyl (C=O) groups excluding carboxylic acids is 1. The predicted molar refractivity (Wildman–Crippen MR) is 79.1 cm³/mol. The number of unbranched alkanes of at least 4 members (excludes halogenated alkanes) is 3. The molecule has 0 aliphatic heterocycles. The van der Waals surface area contributed by atoms with Crippen molar-refractivity contribution in [1.82, 2.24) is 0 Å². The highest BCUT2D eigenvalue weighted by molar-refractivity contribution is 5.66. The lowest BCUT2D eigenvalue weighted by Gasteiger charge is -2.14. The van der Waals surface area contributed by atoms with E-state index in [1.807, 2.05) is 30.3 Å². The first-order chi connectivity index (χ1) is 9.27. The molecule has 2 nitrogen and oxygen atoms in total. The van der Waals surface area contributed by atoms with Gasteiger partial charge in [-0.25, -0.2) is 0 Å². The van der Waals surface area contributed by atoms with Crippen LogP contribution < -0.4 is 0 Å². The maximum absolute atomic E-state index is 10.7. The number of hydrogen-bond acceptors (Lipinski definition) is 2. The average Bonchev–Trinajstić information content (AvgIpc) is 2.44. The van der Waals surface area contributed by atoms with Crippen LogP contribution in [0.2, 0.25) is 0 Å². The summed E-state index contributed by atoms with van der Waals surface area (Å²) < 4.78 is 0. The number of hydrogen-bond donors (Lipinski definition) is 1. The van der Waals surface area contributed by atoms with Gasteiger partial charge in [-0.2, -0.15) is 0 Å². The molecule has 0 bridgehead atoms. The van der Waals surface area contributed by atoms with Crippen LogP contribution in [-0.2, 0) is 11.2 Å². The van der Waals surface area contributed by atoms with Gasteiger partial charge < -0.3 is 5.11 Å². The minimum atomic E-state index is -0.498. The van der Waals surface area contributed by atoms with Gasteiger partial charge in [-0.15, -0.1) is 0 Å². The molecule has 0 fully saturated rings. The van der Waals surface area contributed by atoms with Crippen LogP contribution in [0.15, 0.2) is 42.0 Å². The summed E-state index contributed by atoms with van der Waals surface area (Å²) in [4.78, 5) is 10.7. The molecule has 0 saturated carbocycles. The first-order valence-electron chi connectivity index (χ1n) is 7.14. The van der Waals surface area contributed by atoms with Crippen molar-refractivity contribution in [1.29, 1.82) is 0 Å². The van der Waals surface area contributed by atoms with Gasteiger partial charge in [-0.1, -0.05) is 62.9 Å². The highest BCUT2D eigenvalue weighted by Gasteiger charge is 2.11. The molecule has 104 valence electrons. The predicted octanol–water partition coefficient (Wildman–Crippen LogP) is 3.69. The van der Waals surface area contributed by atoms with E-state index in [1.54, 1.807) is 0 Å². The molecule has 0 aromatic heterocycles. The molecule has 0 aliphatic carbocycles. The van der Waals surface area contributed by atoms with E-state index in [9.17, 15) is 9.90 Å². The van der Waals surface area contributed by atoms with Gasteiger partial charge in [0, 0.05) is 0 Å². The molecule has 0 saturated heterocycles. The summed E-state index contributed by atoms with van der Waals surface area (Å²) in [5.41, 5.74) is 1.95. The Morgan fingerprint density at radius 2 is 1.95 bits per heavy atom. The molecule has 1 atom stereocenters. The quantitative estimate of drug-likeness (QED) is 0.418. The molecular formula is C17H24O2. The van der Waals surface area contributed by atoms with Gasteiger partial charge in [0.15, 0.2) is 0 Å². The van der Waals surface area contributed by atoms with Crippen molar-refractivity contribution in [3.05, 3.63) is 47.5 Å². The third kappa shape index (κ3) is 6.35. The zero-order valence-corrected chi connectivity index (χ0v) is 11.7. The smallest absolute Gasteiger partial charge is 0.142 e. The van der Waals surface area contributed by atoms with Crippen molar-refractivity contribution >= 4 is 6.29 Å². The summed E-state index contributed by atoms with van der Waals surface area (Å²) in [5, 5.41) is 10.2. The van der Waals surface area contributed by atoms with Crippen molar-refractivity contribution in [3.63, 3.8) is 0 Å². The highest BCUT2D eigenvalue weighted by Crippen LogP contribution is 2.16. The Bertz CT molecular complexity index is 382. The maximum Gasteiger partial charge on any atom is 0.142 e. The zero-order valence-electron chi connectivity index (χ0n) is 11.7. The Hall–Kier alpha value is -1.41. The molecule has 1 N–H and O–H groups in total. The number of aliphatic hydroxyl groups excluding tert-OH is 1. The molecule has 1 rings (SSSR count). The van der Waals surface area contributed by atoms with Gasteiger partial charge in [0.1, 0.15) is 6.29 Å². The van der Waals surface area contributed by atoms with Crippen LogP contribution in [0.5, 0.6) is 0 Å². The normalized spacial score (nSPS) is 13.3. The van der Waals surface area contributed by atoms with Crippen molar-refractivity contribution in [2.24, 2.45) is 0 Å². The van der Waals surface area contributed by atoms with E-state index in [-0.39, 0.29) is 0 Å². The van der Waals surface area contributed by atoms with Gasteiger partial charge in [-0.3, -0.25) is 4.79 Å². The molecule has 1 aromatic carbocycles. The van der Waals surface area contributed by atoms with E-state index < -0.39 is 6.10 Å². The molecule has 0 radical (unpaired) electrons. The van der Waals surface area contributed by atoms with E-state index in [1.165, 1.54) is 18.9 Å². The highest BCUT2D eigenvalue weighted by atomic mass is 16.3. The molecule has 1 aromatic rings. The van der Waals surface area contributed by atoms with Gasteiger partial charge in [-0.05, 0) is 30.1 Å². The third-order valence-corrected chi connectivity index (χ3v) is 3.29. The number of rotatable bonds is 9. The monoisotopic (exact) mass is 260 g/mol. The molecule has 19 heavy (non-hydrogen) atoms. The fraction of sp³-hybridized carbons (Fsp3) is 0.471. The van der Waals surface area contributed by atoms with Gasteiger partial charge >= 0.3 is 0 Å². The summed E-state index contributed by atoms with van der Waals surface area (Å²) in [6, 6.07) is 9.95. The van der Waals surface area contributed by atoms with Gasteiger partial charge in [0.2, 0.25) is 0 Å². The lowest BCUT2D eigenvalue weighted by Crippen LogP contribution is -2.13. The summed E-state index contributed by atoms with van der Waals surface area (Å²) in [7, 11) is 0. The van der Waals surface area contributed by atoms with Crippen LogP contribution in [0.1, 0.15) is 44.6 Å². The van der Waals surface area contributed by atoms with E-state index in [0.29, 0.717) is 6.42 Å². The Labute approximate surface area is 116 Å². The molecule has 1 unspecified atom stereocenters. The Morgan fingerprint density at radius 1 is 1.21 bits per heavy atom. The summed E-state index contributed by atoms with van der Waals surface area (Å²) >= 11 is 0. The first kappa shape index (κ1) is 15.6. The standard InChI is InChI=1S/C17H24O2/c1-2-3-4-8-11-17(19)16(12-13-18)14-15-9-6-5-7-10-15/h5-7,9-10,12-13,17,19H,2-4,8,11,14H2,1H3/b16-12-. The first-order valence-corrected chi connectivity index (χ1v) is 7.14. The second-order valence-electron chi connectivity index (χ2n) is 4.91. The Balaban J connectivity index is 2.52. The number of aliphatic hydroxyl groups is 1. The largest absolute Gasteiger partial charge is 0.389 e. The molecule has 0 aliphatic rings. The Morgan fingerprint density at radius 3 is 2.58 bits per heavy atom. The number of benzene rings is 1. The summed E-state index contributed by atoms with van der Waals surface area (Å²) in [5.74, 6) is 0. The van der Waals surface area contributed by atoms with Gasteiger partial charge in [0.05, 0.1) is 6.10 Å². The molecular weight excluding hydrogens is 236 g/mol. The minimum Gasteiger partial charge on any atom is -0.389 e. The van der Waals surface area contributed by atoms with E-state index in [0.717, 1.165) is 36.7 Å². The van der Waals surface area contributed by atoms with Gasteiger partial charge in [0.25, 0.3) is 0 Å². The minimum absolute atomic E-state index is 0.498. The van der Waals surface area contributed by atoms with Crippen LogP contribution >= 0.6 is 0 Å².